The summed E-state index contributed by atoms with van der Waals surface area (Å²) in [6.45, 7) is 4.82. The van der Waals surface area contributed by atoms with Gasteiger partial charge in [-0.2, -0.15) is 0 Å². The fourth-order valence-electron chi connectivity index (χ4n) is 2.88. The SMILES string of the molecule is CC(C)C(C)(c1cc(F)c(O)c([N+](=O)[O-])c1)c1cc(F)c(O)c([N+](=O)[O-])c1. The van der Waals surface area contributed by atoms with Crippen LogP contribution in [0.1, 0.15) is 31.9 Å². The van der Waals surface area contributed by atoms with Gasteiger partial charge in [-0.1, -0.05) is 20.8 Å². The third kappa shape index (κ3) is 3.25. The monoisotopic (exact) mass is 382 g/mol. The molecule has 0 aliphatic heterocycles. The van der Waals surface area contributed by atoms with Crippen molar-refractivity contribution in [2.24, 2.45) is 5.92 Å². The Labute approximate surface area is 152 Å². The molecule has 0 saturated heterocycles. The van der Waals surface area contributed by atoms with E-state index in [0.717, 1.165) is 24.3 Å². The molecule has 2 N–H and O–H groups in total. The number of nitrogens with zero attached hydrogens (tertiary/aromatic N) is 2. The summed E-state index contributed by atoms with van der Waals surface area (Å²) in [6, 6.07) is 3.60. The highest BCUT2D eigenvalue weighted by Gasteiger charge is 2.38. The summed E-state index contributed by atoms with van der Waals surface area (Å²) in [5.74, 6) is -5.21. The average Bonchev–Trinajstić information content (AvgIpc) is 2.57. The highest BCUT2D eigenvalue weighted by atomic mass is 19.1. The Balaban J connectivity index is 2.85. The maximum absolute atomic E-state index is 14.1. The molecule has 2 rings (SSSR count). The van der Waals surface area contributed by atoms with Gasteiger partial charge in [-0.05, 0) is 29.2 Å². The molecule has 0 bridgehead atoms. The molecule has 10 heteroatoms. The van der Waals surface area contributed by atoms with Crippen molar-refractivity contribution in [1.29, 1.82) is 0 Å². The van der Waals surface area contributed by atoms with Crippen molar-refractivity contribution < 1.29 is 28.8 Å². The quantitative estimate of drug-likeness (QED) is 0.591. The molecule has 0 unspecified atom stereocenters. The number of aromatic hydroxyl groups is 2. The van der Waals surface area contributed by atoms with Crippen LogP contribution in [0, 0.1) is 37.8 Å². The second kappa shape index (κ2) is 6.78. The van der Waals surface area contributed by atoms with Gasteiger partial charge in [0.1, 0.15) is 0 Å². The molecule has 0 radical (unpaired) electrons. The number of hydrogen-bond donors (Lipinski definition) is 2. The molecule has 0 aromatic heterocycles. The second-order valence-electron chi connectivity index (χ2n) is 6.52. The minimum atomic E-state index is -1.31. The third-order valence-corrected chi connectivity index (χ3v) is 4.83. The first-order valence-electron chi connectivity index (χ1n) is 7.76. The summed E-state index contributed by atoms with van der Waals surface area (Å²) >= 11 is 0. The van der Waals surface area contributed by atoms with Crippen molar-refractivity contribution in [1.82, 2.24) is 0 Å². The standard InChI is InChI=1S/C17H16F2N2O6/c1-8(2)17(3,9-4-11(18)15(22)13(6-9)20(24)25)10-5-12(19)16(23)14(7-10)21(26)27/h4-8,22-23H,1-3H3. The molecule has 2 aromatic rings. The summed E-state index contributed by atoms with van der Waals surface area (Å²) in [5.41, 5.74) is -3.05. The number of benzene rings is 2. The van der Waals surface area contributed by atoms with E-state index in [1.807, 2.05) is 0 Å². The van der Waals surface area contributed by atoms with E-state index < -0.39 is 55.7 Å². The minimum Gasteiger partial charge on any atom is -0.500 e. The van der Waals surface area contributed by atoms with Crippen LogP contribution in [-0.4, -0.2) is 20.1 Å². The molecule has 0 atom stereocenters. The lowest BCUT2D eigenvalue weighted by Gasteiger charge is -2.35. The summed E-state index contributed by atoms with van der Waals surface area (Å²) in [4.78, 5) is 20.3. The van der Waals surface area contributed by atoms with Gasteiger partial charge in [0.2, 0.25) is 11.5 Å². The molecule has 2 aromatic carbocycles. The molecule has 0 heterocycles. The molecule has 27 heavy (non-hydrogen) atoms. The predicted octanol–water partition coefficient (Wildman–Crippen LogP) is 4.15. The summed E-state index contributed by atoms with van der Waals surface area (Å²) in [7, 11) is 0. The van der Waals surface area contributed by atoms with Gasteiger partial charge in [-0.15, -0.1) is 0 Å². The Morgan fingerprint density at radius 1 is 0.889 bits per heavy atom. The first-order chi connectivity index (χ1) is 12.4. The zero-order valence-electron chi connectivity index (χ0n) is 14.6. The fourth-order valence-corrected chi connectivity index (χ4v) is 2.88. The van der Waals surface area contributed by atoms with E-state index in [2.05, 4.69) is 0 Å². The van der Waals surface area contributed by atoms with E-state index in [1.54, 1.807) is 13.8 Å². The molecule has 0 amide bonds. The number of rotatable bonds is 5. The van der Waals surface area contributed by atoms with Crippen molar-refractivity contribution in [3.8, 4) is 11.5 Å². The number of halogens is 2. The van der Waals surface area contributed by atoms with Gasteiger partial charge < -0.3 is 10.2 Å². The predicted molar refractivity (Wildman–Crippen MR) is 90.7 cm³/mol. The van der Waals surface area contributed by atoms with Crippen LogP contribution >= 0.6 is 0 Å². The maximum Gasteiger partial charge on any atom is 0.314 e. The Hall–Kier alpha value is -3.30. The molecule has 0 saturated carbocycles. The topological polar surface area (TPSA) is 127 Å². The third-order valence-electron chi connectivity index (χ3n) is 4.83. The van der Waals surface area contributed by atoms with Crippen LogP contribution in [0.3, 0.4) is 0 Å². The Morgan fingerprint density at radius 3 is 1.48 bits per heavy atom. The van der Waals surface area contributed by atoms with E-state index in [0.29, 0.717) is 0 Å². The van der Waals surface area contributed by atoms with Crippen LogP contribution < -0.4 is 0 Å². The van der Waals surface area contributed by atoms with Crippen LogP contribution in [0.2, 0.25) is 0 Å². The van der Waals surface area contributed by atoms with Crippen molar-refractivity contribution in [3.05, 3.63) is 67.3 Å². The van der Waals surface area contributed by atoms with E-state index in [4.69, 9.17) is 0 Å². The zero-order chi connectivity index (χ0) is 20.7. The van der Waals surface area contributed by atoms with Crippen molar-refractivity contribution in [2.45, 2.75) is 26.2 Å². The van der Waals surface area contributed by atoms with Crippen LogP contribution in [0.25, 0.3) is 0 Å². The first kappa shape index (κ1) is 20.0. The number of nitro benzene ring substituents is 2. The highest BCUT2D eigenvalue weighted by Crippen LogP contribution is 2.45. The number of nitro groups is 2. The fraction of sp³-hybridized carbons (Fsp3) is 0.294. The van der Waals surface area contributed by atoms with E-state index in [-0.39, 0.29) is 11.1 Å². The zero-order valence-corrected chi connectivity index (χ0v) is 14.6. The highest BCUT2D eigenvalue weighted by molar-refractivity contribution is 5.56. The lowest BCUT2D eigenvalue weighted by molar-refractivity contribution is -0.386. The Bertz CT molecular complexity index is 876. The summed E-state index contributed by atoms with van der Waals surface area (Å²) in [5, 5.41) is 41.3. The van der Waals surface area contributed by atoms with Crippen LogP contribution in [-0.2, 0) is 5.41 Å². The van der Waals surface area contributed by atoms with Gasteiger partial charge >= 0.3 is 11.4 Å². The van der Waals surface area contributed by atoms with Crippen molar-refractivity contribution in [2.75, 3.05) is 0 Å². The van der Waals surface area contributed by atoms with Crippen molar-refractivity contribution in [3.63, 3.8) is 0 Å². The van der Waals surface area contributed by atoms with Crippen LogP contribution in [0.5, 0.6) is 11.5 Å². The van der Waals surface area contributed by atoms with Crippen molar-refractivity contribution >= 4 is 11.4 Å². The van der Waals surface area contributed by atoms with Gasteiger partial charge in [0.25, 0.3) is 0 Å². The smallest absolute Gasteiger partial charge is 0.314 e. The van der Waals surface area contributed by atoms with E-state index in [9.17, 15) is 39.2 Å². The number of phenols is 2. The Morgan fingerprint density at radius 2 is 1.22 bits per heavy atom. The molecule has 0 aliphatic rings. The van der Waals surface area contributed by atoms with E-state index >= 15 is 0 Å². The summed E-state index contributed by atoms with van der Waals surface area (Å²) in [6.07, 6.45) is 0. The van der Waals surface area contributed by atoms with Gasteiger partial charge in [0.15, 0.2) is 11.6 Å². The lowest BCUT2D eigenvalue weighted by atomic mass is 9.68. The molecule has 0 fully saturated rings. The molecule has 8 nitrogen and oxygen atoms in total. The van der Waals surface area contributed by atoms with Gasteiger partial charge in [0.05, 0.1) is 9.85 Å². The molecule has 0 aliphatic carbocycles. The molecule has 0 spiro atoms. The van der Waals surface area contributed by atoms with E-state index in [1.165, 1.54) is 6.92 Å². The summed E-state index contributed by atoms with van der Waals surface area (Å²) < 4.78 is 28.2. The number of phenolic OH excluding ortho intramolecular Hbond substituents is 2. The van der Waals surface area contributed by atoms with Gasteiger partial charge in [0, 0.05) is 17.5 Å². The van der Waals surface area contributed by atoms with Crippen LogP contribution in [0.15, 0.2) is 24.3 Å². The largest absolute Gasteiger partial charge is 0.500 e. The molecular formula is C17H16F2N2O6. The minimum absolute atomic E-state index is 0.0129. The second-order valence-corrected chi connectivity index (χ2v) is 6.52. The van der Waals surface area contributed by atoms with Gasteiger partial charge in [-0.3, -0.25) is 20.2 Å². The van der Waals surface area contributed by atoms with Crippen LogP contribution in [0.4, 0.5) is 20.2 Å². The number of hydrogen-bond acceptors (Lipinski definition) is 6. The maximum atomic E-state index is 14.1. The lowest BCUT2D eigenvalue weighted by Crippen LogP contribution is -2.30. The normalized spacial score (nSPS) is 11.6. The Kier molecular flexibility index (Phi) is 5.03. The first-order valence-corrected chi connectivity index (χ1v) is 7.76. The molecule has 144 valence electrons. The van der Waals surface area contributed by atoms with Gasteiger partial charge in [-0.25, -0.2) is 8.78 Å². The average molecular weight is 382 g/mol. The molecular weight excluding hydrogens is 366 g/mol.